The second-order valence-corrected chi connectivity index (χ2v) is 5.12. The van der Waals surface area contributed by atoms with Crippen molar-refractivity contribution >= 4 is 17.0 Å². The summed E-state index contributed by atoms with van der Waals surface area (Å²) in [6.45, 7) is 2.81. The van der Waals surface area contributed by atoms with Gasteiger partial charge in [-0.2, -0.15) is 0 Å². The summed E-state index contributed by atoms with van der Waals surface area (Å²) in [5.41, 5.74) is 7.90. The molecule has 0 spiro atoms. The number of aromatic amines is 1. The molecule has 4 nitrogen and oxygen atoms in total. The second kappa shape index (κ2) is 3.74. The van der Waals surface area contributed by atoms with Crippen molar-refractivity contribution in [3.63, 3.8) is 0 Å². The van der Waals surface area contributed by atoms with Crippen molar-refractivity contribution in [2.45, 2.75) is 25.3 Å². The summed E-state index contributed by atoms with van der Waals surface area (Å²) in [5.74, 6) is 1.51. The van der Waals surface area contributed by atoms with E-state index in [0.29, 0.717) is 12.5 Å². The second-order valence-electron chi connectivity index (χ2n) is 5.12. The molecule has 0 saturated heterocycles. The van der Waals surface area contributed by atoms with E-state index >= 15 is 0 Å². The summed E-state index contributed by atoms with van der Waals surface area (Å²) >= 11 is 0. The average molecular weight is 230 g/mol. The van der Waals surface area contributed by atoms with Crippen molar-refractivity contribution in [3.8, 4) is 0 Å². The van der Waals surface area contributed by atoms with Gasteiger partial charge in [-0.3, -0.25) is 0 Å². The van der Waals surface area contributed by atoms with Crippen molar-refractivity contribution in [1.82, 2.24) is 9.97 Å². The van der Waals surface area contributed by atoms with Crippen LogP contribution < -0.4 is 11.1 Å². The molecule has 90 valence electrons. The zero-order chi connectivity index (χ0) is 11.9. The number of benzene rings is 1. The maximum absolute atomic E-state index is 5.89. The van der Waals surface area contributed by atoms with Gasteiger partial charge in [0.05, 0.1) is 16.6 Å². The number of hydrogen-bond acceptors (Lipinski definition) is 3. The van der Waals surface area contributed by atoms with Crippen LogP contribution in [-0.4, -0.2) is 22.1 Å². The Morgan fingerprint density at radius 3 is 2.88 bits per heavy atom. The van der Waals surface area contributed by atoms with Crippen LogP contribution in [0.4, 0.5) is 5.95 Å². The molecule has 4 heteroatoms. The van der Waals surface area contributed by atoms with Crippen LogP contribution in [0, 0.1) is 5.92 Å². The Labute approximate surface area is 101 Å². The first kappa shape index (κ1) is 10.6. The number of imidazole rings is 1. The largest absolute Gasteiger partial charge is 0.349 e. The van der Waals surface area contributed by atoms with Crippen LogP contribution in [0.2, 0.25) is 0 Å². The van der Waals surface area contributed by atoms with Crippen molar-refractivity contribution in [1.29, 1.82) is 0 Å². The van der Waals surface area contributed by atoms with E-state index < -0.39 is 0 Å². The molecule has 0 radical (unpaired) electrons. The minimum atomic E-state index is -0.0339. The third-order valence-corrected chi connectivity index (χ3v) is 3.70. The van der Waals surface area contributed by atoms with E-state index in [-0.39, 0.29) is 5.54 Å². The number of anilines is 1. The first-order chi connectivity index (χ1) is 8.21. The third-order valence-electron chi connectivity index (χ3n) is 3.70. The zero-order valence-electron chi connectivity index (χ0n) is 10.0. The Morgan fingerprint density at radius 2 is 2.24 bits per heavy atom. The molecule has 1 heterocycles. The molecule has 2 aromatic rings. The van der Waals surface area contributed by atoms with E-state index in [1.165, 1.54) is 12.8 Å². The van der Waals surface area contributed by atoms with Crippen LogP contribution in [0.5, 0.6) is 0 Å². The number of fused-ring (bicyclic) bond motifs is 1. The summed E-state index contributed by atoms with van der Waals surface area (Å²) in [6, 6.07) is 8.04. The van der Waals surface area contributed by atoms with Gasteiger partial charge in [0.25, 0.3) is 0 Å². The number of aromatic nitrogens is 2. The van der Waals surface area contributed by atoms with Crippen LogP contribution in [-0.2, 0) is 0 Å². The lowest BCUT2D eigenvalue weighted by atomic mass is 9.96. The van der Waals surface area contributed by atoms with Gasteiger partial charge in [-0.05, 0) is 37.8 Å². The maximum Gasteiger partial charge on any atom is 0.201 e. The topological polar surface area (TPSA) is 66.7 Å². The van der Waals surface area contributed by atoms with Gasteiger partial charge in [0.15, 0.2) is 0 Å². The van der Waals surface area contributed by atoms with Gasteiger partial charge < -0.3 is 16.0 Å². The van der Waals surface area contributed by atoms with Gasteiger partial charge in [0.2, 0.25) is 5.95 Å². The monoisotopic (exact) mass is 230 g/mol. The number of nitrogens with zero attached hydrogens (tertiary/aromatic N) is 1. The molecule has 0 bridgehead atoms. The summed E-state index contributed by atoms with van der Waals surface area (Å²) in [7, 11) is 0. The molecule has 3 rings (SSSR count). The van der Waals surface area contributed by atoms with Gasteiger partial charge >= 0.3 is 0 Å². The summed E-state index contributed by atoms with van der Waals surface area (Å²) in [4.78, 5) is 7.82. The highest BCUT2D eigenvalue weighted by Gasteiger charge is 2.40. The van der Waals surface area contributed by atoms with Crippen LogP contribution in [0.25, 0.3) is 11.0 Å². The van der Waals surface area contributed by atoms with Gasteiger partial charge in [-0.15, -0.1) is 0 Å². The highest BCUT2D eigenvalue weighted by molar-refractivity contribution is 5.77. The Morgan fingerprint density at radius 1 is 1.47 bits per heavy atom. The Hall–Kier alpha value is -1.55. The van der Waals surface area contributed by atoms with E-state index in [1.807, 2.05) is 24.3 Å². The van der Waals surface area contributed by atoms with Crippen molar-refractivity contribution in [3.05, 3.63) is 24.3 Å². The molecule has 1 fully saturated rings. The van der Waals surface area contributed by atoms with Crippen LogP contribution in [0.3, 0.4) is 0 Å². The fraction of sp³-hybridized carbons (Fsp3) is 0.462. The van der Waals surface area contributed by atoms with Gasteiger partial charge in [0.1, 0.15) is 0 Å². The van der Waals surface area contributed by atoms with Crippen molar-refractivity contribution < 1.29 is 0 Å². The van der Waals surface area contributed by atoms with Gasteiger partial charge in [-0.25, -0.2) is 4.98 Å². The highest BCUT2D eigenvalue weighted by atomic mass is 15.2. The molecular formula is C13H18N4. The maximum atomic E-state index is 5.89. The smallest absolute Gasteiger partial charge is 0.201 e. The predicted octanol–water partition coefficient (Wildman–Crippen LogP) is 2.10. The third kappa shape index (κ3) is 1.89. The molecule has 17 heavy (non-hydrogen) atoms. The molecular weight excluding hydrogens is 212 g/mol. The van der Waals surface area contributed by atoms with Crippen LogP contribution >= 0.6 is 0 Å². The highest BCUT2D eigenvalue weighted by Crippen LogP contribution is 2.40. The summed E-state index contributed by atoms with van der Waals surface area (Å²) in [6.07, 6.45) is 2.53. The molecule has 0 aliphatic heterocycles. The van der Waals surface area contributed by atoms with Crippen molar-refractivity contribution in [2.75, 3.05) is 11.9 Å². The van der Waals surface area contributed by atoms with E-state index in [1.54, 1.807) is 0 Å². The predicted molar refractivity (Wildman–Crippen MR) is 69.9 cm³/mol. The number of nitrogens with two attached hydrogens (primary N) is 1. The molecule has 1 atom stereocenters. The number of para-hydroxylation sites is 2. The summed E-state index contributed by atoms with van der Waals surface area (Å²) in [5, 5.41) is 3.46. The van der Waals surface area contributed by atoms with Crippen molar-refractivity contribution in [2.24, 2.45) is 11.7 Å². The fourth-order valence-corrected chi connectivity index (χ4v) is 2.32. The van der Waals surface area contributed by atoms with E-state index in [9.17, 15) is 0 Å². The zero-order valence-corrected chi connectivity index (χ0v) is 10.0. The van der Waals surface area contributed by atoms with E-state index in [2.05, 4.69) is 22.2 Å². The lowest BCUT2D eigenvalue weighted by Crippen LogP contribution is -2.45. The SMILES string of the molecule is CC(CN)(Nc1nc2ccccc2[nH]1)C1CC1. The Kier molecular flexibility index (Phi) is 2.33. The normalized spacial score (nSPS) is 19.2. The standard InChI is InChI=1S/C13H18N4/c1-13(8-14,9-6-7-9)17-12-15-10-4-2-3-5-11(10)16-12/h2-5,9H,6-8,14H2,1H3,(H2,15,16,17). The molecule has 1 aromatic carbocycles. The van der Waals surface area contributed by atoms with Crippen LogP contribution in [0.1, 0.15) is 19.8 Å². The molecule has 4 N–H and O–H groups in total. The van der Waals surface area contributed by atoms with E-state index in [4.69, 9.17) is 5.73 Å². The number of nitrogens with one attached hydrogen (secondary N) is 2. The molecule has 1 saturated carbocycles. The molecule has 1 aliphatic rings. The van der Waals surface area contributed by atoms with E-state index in [0.717, 1.165) is 17.0 Å². The minimum absolute atomic E-state index is 0.0339. The molecule has 1 aliphatic carbocycles. The Balaban J connectivity index is 1.88. The van der Waals surface area contributed by atoms with Crippen LogP contribution in [0.15, 0.2) is 24.3 Å². The lowest BCUT2D eigenvalue weighted by Gasteiger charge is -2.29. The van der Waals surface area contributed by atoms with Gasteiger partial charge in [0, 0.05) is 6.54 Å². The minimum Gasteiger partial charge on any atom is -0.349 e. The number of H-pyrrole nitrogens is 1. The van der Waals surface area contributed by atoms with Gasteiger partial charge in [-0.1, -0.05) is 12.1 Å². The molecule has 1 aromatic heterocycles. The Bertz CT molecular complexity index is 496. The summed E-state index contributed by atoms with van der Waals surface area (Å²) < 4.78 is 0. The average Bonchev–Trinajstić information content (AvgIpc) is 3.11. The molecule has 0 amide bonds. The first-order valence-corrected chi connectivity index (χ1v) is 6.14. The quantitative estimate of drug-likeness (QED) is 0.753. The fourth-order valence-electron chi connectivity index (χ4n) is 2.32. The number of rotatable bonds is 4. The number of hydrogen-bond donors (Lipinski definition) is 3. The lowest BCUT2D eigenvalue weighted by molar-refractivity contribution is 0.456. The molecule has 1 unspecified atom stereocenters. The first-order valence-electron chi connectivity index (χ1n) is 6.14.